The fourth-order valence-corrected chi connectivity index (χ4v) is 6.05. The molecule has 0 radical (unpaired) electrons. The molecule has 2 aromatic carbocycles. The number of anilines is 1. The number of dihydropyridines is 1. The van der Waals surface area contributed by atoms with E-state index in [1.807, 2.05) is 31.2 Å². The van der Waals surface area contributed by atoms with Crippen molar-refractivity contribution in [2.24, 2.45) is 12.5 Å². The van der Waals surface area contributed by atoms with Gasteiger partial charge in [0.2, 0.25) is 0 Å². The molecule has 1 amide bonds. The zero-order valence-electron chi connectivity index (χ0n) is 21.6. The van der Waals surface area contributed by atoms with Crippen LogP contribution in [0.3, 0.4) is 0 Å². The third-order valence-electron chi connectivity index (χ3n) is 7.66. The van der Waals surface area contributed by atoms with Gasteiger partial charge in [-0.3, -0.25) is 9.59 Å². The van der Waals surface area contributed by atoms with Crippen LogP contribution in [0.25, 0.3) is 21.8 Å². The minimum atomic E-state index is -0.467. The monoisotopic (exact) mass is 490 g/mol. The Morgan fingerprint density at radius 2 is 1.78 bits per heavy atom. The molecule has 4 aromatic rings. The molecule has 6 heteroatoms. The van der Waals surface area contributed by atoms with Crippen LogP contribution in [0.15, 0.2) is 89.4 Å². The van der Waals surface area contributed by atoms with E-state index in [4.69, 9.17) is 0 Å². The number of hydrogen-bond acceptors (Lipinski definition) is 4. The molecule has 0 spiro atoms. The van der Waals surface area contributed by atoms with Crippen molar-refractivity contribution in [3.63, 3.8) is 0 Å². The lowest BCUT2D eigenvalue weighted by Gasteiger charge is -2.39. The first-order valence-corrected chi connectivity index (χ1v) is 12.7. The maximum Gasteiger partial charge on any atom is 0.255 e. The minimum Gasteiger partial charge on any atom is -0.362 e. The van der Waals surface area contributed by atoms with Crippen molar-refractivity contribution >= 4 is 39.3 Å². The summed E-state index contributed by atoms with van der Waals surface area (Å²) in [4.78, 5) is 31.7. The summed E-state index contributed by atoms with van der Waals surface area (Å²) in [7, 11) is 2.06. The molecular weight excluding hydrogens is 460 g/mol. The Bertz CT molecular complexity index is 1660. The molecule has 2 aliphatic rings. The van der Waals surface area contributed by atoms with Crippen LogP contribution in [0.1, 0.15) is 45.1 Å². The first kappa shape index (κ1) is 23.2. The fraction of sp³-hybridized carbons (Fsp3) is 0.258. The molecule has 1 unspecified atom stereocenters. The Kier molecular flexibility index (Phi) is 5.30. The molecule has 2 aromatic heterocycles. The summed E-state index contributed by atoms with van der Waals surface area (Å²) in [5.74, 6) is -0.149. The summed E-state index contributed by atoms with van der Waals surface area (Å²) in [6, 6.07) is 20.1. The first-order chi connectivity index (χ1) is 17.7. The highest BCUT2D eigenvalue weighted by molar-refractivity contribution is 6.11. The number of para-hydroxylation sites is 1. The van der Waals surface area contributed by atoms with E-state index in [-0.39, 0.29) is 17.1 Å². The molecule has 6 nitrogen and oxygen atoms in total. The lowest BCUT2D eigenvalue weighted by molar-refractivity contribution is -0.118. The summed E-state index contributed by atoms with van der Waals surface area (Å²) in [6.45, 7) is 6.16. The molecule has 1 atom stereocenters. The highest BCUT2D eigenvalue weighted by atomic mass is 16.2. The maximum absolute atomic E-state index is 13.8. The Hall–Kier alpha value is -4.19. The average Bonchev–Trinajstić information content (AvgIpc) is 3.14. The number of fused-ring (bicyclic) bond motifs is 3. The quantitative estimate of drug-likeness (QED) is 0.371. The number of nitrogens with one attached hydrogen (secondary N) is 2. The zero-order chi connectivity index (χ0) is 25.9. The predicted molar refractivity (Wildman–Crippen MR) is 147 cm³/mol. The van der Waals surface area contributed by atoms with Gasteiger partial charge in [-0.1, -0.05) is 50.2 Å². The normalized spacial score (nSPS) is 19.2. The number of benzene rings is 2. The zero-order valence-corrected chi connectivity index (χ0v) is 21.6. The van der Waals surface area contributed by atoms with Crippen molar-refractivity contribution in [3.05, 3.63) is 95.0 Å². The van der Waals surface area contributed by atoms with E-state index in [1.165, 1.54) is 5.39 Å². The number of Topliss-reactive ketones (excluding diaryl/α,β-unsaturated/α-hetero) is 1. The second-order valence-electron chi connectivity index (χ2n) is 11.0. The van der Waals surface area contributed by atoms with Gasteiger partial charge in [-0.2, -0.15) is 0 Å². The Morgan fingerprint density at radius 3 is 2.57 bits per heavy atom. The molecule has 1 aliphatic carbocycles. The van der Waals surface area contributed by atoms with Gasteiger partial charge in [0.1, 0.15) is 5.82 Å². The number of nitrogens with zero attached hydrogens (tertiary/aromatic N) is 2. The predicted octanol–water partition coefficient (Wildman–Crippen LogP) is 5.97. The van der Waals surface area contributed by atoms with E-state index in [9.17, 15) is 9.59 Å². The summed E-state index contributed by atoms with van der Waals surface area (Å²) in [5.41, 5.74) is 5.97. The van der Waals surface area contributed by atoms with Crippen molar-refractivity contribution in [2.75, 3.05) is 5.32 Å². The van der Waals surface area contributed by atoms with Gasteiger partial charge < -0.3 is 15.2 Å². The number of aromatic nitrogens is 2. The SMILES string of the molecule is CC1=C(C(=O)Nc2ccccn2)C(c2ccc3c4ccccc4n(C)c3c2)C2=C(CC(C)(C)CC2=O)N1. The van der Waals surface area contributed by atoms with Crippen LogP contribution < -0.4 is 10.6 Å². The molecule has 6 rings (SSSR count). The van der Waals surface area contributed by atoms with Crippen LogP contribution in [0.5, 0.6) is 0 Å². The van der Waals surface area contributed by atoms with Crippen LogP contribution in [0, 0.1) is 5.41 Å². The summed E-state index contributed by atoms with van der Waals surface area (Å²) >= 11 is 0. The molecular formula is C31H30N4O2. The molecule has 186 valence electrons. The largest absolute Gasteiger partial charge is 0.362 e. The van der Waals surface area contributed by atoms with Crippen molar-refractivity contribution in [1.82, 2.24) is 14.9 Å². The summed E-state index contributed by atoms with van der Waals surface area (Å²) in [6.07, 6.45) is 2.86. The van der Waals surface area contributed by atoms with E-state index >= 15 is 0 Å². The number of pyridine rings is 1. The molecule has 0 fully saturated rings. The number of hydrogen-bond donors (Lipinski definition) is 2. The molecule has 0 saturated carbocycles. The highest BCUT2D eigenvalue weighted by Crippen LogP contribution is 2.47. The van der Waals surface area contributed by atoms with Gasteiger partial charge in [-0.05, 0) is 48.6 Å². The second kappa shape index (κ2) is 8.44. The Labute approximate surface area is 216 Å². The summed E-state index contributed by atoms with van der Waals surface area (Å²) in [5, 5.41) is 8.74. The number of carbonyl (C=O) groups is 2. The van der Waals surface area contributed by atoms with Crippen LogP contribution in [-0.4, -0.2) is 21.2 Å². The standard InChI is InChI=1S/C31H30N4O2/c1-18-27(30(37)34-26-11-7-8-14-32-26)28(29-22(33-18)16-31(2,3)17-25(29)36)19-12-13-21-20-9-5-6-10-23(20)35(4)24(21)15-19/h5-15,28,33H,16-17H2,1-4H3,(H,32,34,37). The number of rotatable bonds is 3. The molecule has 3 heterocycles. The number of amides is 1. The van der Waals surface area contributed by atoms with Gasteiger partial charge >= 0.3 is 0 Å². The molecule has 2 N–H and O–H groups in total. The lowest BCUT2D eigenvalue weighted by Crippen LogP contribution is -2.39. The lowest BCUT2D eigenvalue weighted by atomic mass is 9.68. The molecule has 1 aliphatic heterocycles. The third-order valence-corrected chi connectivity index (χ3v) is 7.66. The molecule has 0 bridgehead atoms. The minimum absolute atomic E-state index is 0.0940. The van der Waals surface area contributed by atoms with Crippen molar-refractivity contribution in [1.29, 1.82) is 0 Å². The van der Waals surface area contributed by atoms with Crippen molar-refractivity contribution in [3.8, 4) is 0 Å². The van der Waals surface area contributed by atoms with Crippen LogP contribution >= 0.6 is 0 Å². The van der Waals surface area contributed by atoms with E-state index in [1.54, 1.807) is 12.3 Å². The molecule has 37 heavy (non-hydrogen) atoms. The number of carbonyl (C=O) groups excluding carboxylic acids is 2. The van der Waals surface area contributed by atoms with Gasteiger partial charge in [-0.25, -0.2) is 4.98 Å². The average molecular weight is 491 g/mol. The van der Waals surface area contributed by atoms with E-state index in [2.05, 4.69) is 71.4 Å². The van der Waals surface area contributed by atoms with E-state index in [0.717, 1.165) is 39.8 Å². The van der Waals surface area contributed by atoms with Gasteiger partial charge in [0, 0.05) is 69.9 Å². The number of allylic oxidation sites excluding steroid dienone is 3. The maximum atomic E-state index is 13.8. The topological polar surface area (TPSA) is 76.0 Å². The number of ketones is 1. The van der Waals surface area contributed by atoms with Crippen LogP contribution in [-0.2, 0) is 16.6 Å². The van der Waals surface area contributed by atoms with Crippen LogP contribution in [0.4, 0.5) is 5.82 Å². The smallest absolute Gasteiger partial charge is 0.255 e. The van der Waals surface area contributed by atoms with Gasteiger partial charge in [0.15, 0.2) is 5.78 Å². The fourth-order valence-electron chi connectivity index (χ4n) is 6.05. The van der Waals surface area contributed by atoms with Crippen molar-refractivity contribution < 1.29 is 9.59 Å². The third kappa shape index (κ3) is 3.84. The Balaban J connectivity index is 1.54. The van der Waals surface area contributed by atoms with Crippen LogP contribution in [0.2, 0.25) is 0 Å². The van der Waals surface area contributed by atoms with Gasteiger partial charge in [0.25, 0.3) is 5.91 Å². The number of aryl methyl sites for hydroxylation is 1. The van der Waals surface area contributed by atoms with E-state index < -0.39 is 5.92 Å². The highest BCUT2D eigenvalue weighted by Gasteiger charge is 2.42. The molecule has 0 saturated heterocycles. The van der Waals surface area contributed by atoms with Gasteiger partial charge in [0.05, 0.1) is 0 Å². The first-order valence-electron chi connectivity index (χ1n) is 12.7. The van der Waals surface area contributed by atoms with Gasteiger partial charge in [-0.15, -0.1) is 0 Å². The van der Waals surface area contributed by atoms with Crippen molar-refractivity contribution in [2.45, 2.75) is 39.5 Å². The Morgan fingerprint density at radius 1 is 1.03 bits per heavy atom. The summed E-state index contributed by atoms with van der Waals surface area (Å²) < 4.78 is 2.18. The van der Waals surface area contributed by atoms with E-state index in [0.29, 0.717) is 23.4 Å². The second-order valence-corrected chi connectivity index (χ2v) is 11.0.